The van der Waals surface area contributed by atoms with Crippen molar-refractivity contribution in [1.29, 1.82) is 0 Å². The van der Waals surface area contributed by atoms with E-state index < -0.39 is 0 Å². The van der Waals surface area contributed by atoms with Crippen LogP contribution in [0.2, 0.25) is 5.15 Å². The number of aromatic nitrogens is 2. The van der Waals surface area contributed by atoms with Gasteiger partial charge in [0.1, 0.15) is 16.8 Å². The van der Waals surface area contributed by atoms with Crippen molar-refractivity contribution < 1.29 is 0 Å². The highest BCUT2D eigenvalue weighted by molar-refractivity contribution is 6.29. The summed E-state index contributed by atoms with van der Waals surface area (Å²) >= 11 is 5.99. The third kappa shape index (κ3) is 2.29. The average molecular weight is 240 g/mol. The second-order valence-corrected chi connectivity index (χ2v) is 5.02. The maximum atomic E-state index is 5.99. The van der Waals surface area contributed by atoms with E-state index in [2.05, 4.69) is 28.7 Å². The van der Waals surface area contributed by atoms with E-state index in [4.69, 9.17) is 11.6 Å². The Morgan fingerprint density at radius 3 is 2.44 bits per heavy atom. The van der Waals surface area contributed by atoms with Gasteiger partial charge in [-0.2, -0.15) is 0 Å². The molecule has 0 aromatic carbocycles. The van der Waals surface area contributed by atoms with E-state index in [0.717, 1.165) is 11.6 Å². The van der Waals surface area contributed by atoms with Crippen LogP contribution in [-0.2, 0) is 0 Å². The number of halogens is 1. The summed E-state index contributed by atoms with van der Waals surface area (Å²) in [6, 6.07) is 2.94. The second-order valence-electron chi connectivity index (χ2n) is 4.63. The van der Waals surface area contributed by atoms with Gasteiger partial charge in [-0.15, -0.1) is 0 Å². The fraction of sp³-hybridized carbons (Fsp3) is 0.667. The van der Waals surface area contributed by atoms with E-state index in [1.54, 1.807) is 0 Å². The summed E-state index contributed by atoms with van der Waals surface area (Å²) in [5, 5.41) is 0.535. The molecule has 0 bridgehead atoms. The van der Waals surface area contributed by atoms with Crippen molar-refractivity contribution in [1.82, 2.24) is 9.97 Å². The van der Waals surface area contributed by atoms with Crippen molar-refractivity contribution >= 4 is 17.4 Å². The molecule has 1 aliphatic rings. The molecule has 0 spiro atoms. The zero-order chi connectivity index (χ0) is 11.7. The minimum absolute atomic E-state index is 0.535. The van der Waals surface area contributed by atoms with Crippen LogP contribution < -0.4 is 4.90 Å². The smallest absolute Gasteiger partial charge is 0.134 e. The molecular weight excluding hydrogens is 222 g/mol. The van der Waals surface area contributed by atoms with Gasteiger partial charge < -0.3 is 4.90 Å². The maximum absolute atomic E-state index is 5.99. The Labute approximate surface area is 102 Å². The number of hydrogen-bond acceptors (Lipinski definition) is 3. The third-order valence-corrected chi connectivity index (χ3v) is 3.44. The molecule has 3 nitrogen and oxygen atoms in total. The first-order chi connectivity index (χ1) is 7.58. The van der Waals surface area contributed by atoms with Gasteiger partial charge in [0.15, 0.2) is 0 Å². The molecule has 0 N–H and O–H groups in total. The SMILES string of the molecule is Cc1nc(Cl)cc(N2[C@@H](C)CCC[C@@H]2C)n1. The van der Waals surface area contributed by atoms with Gasteiger partial charge in [-0.05, 0) is 40.0 Å². The van der Waals surface area contributed by atoms with Gasteiger partial charge in [-0.3, -0.25) is 0 Å². The lowest BCUT2D eigenvalue weighted by Crippen LogP contribution is -2.44. The molecule has 1 aromatic rings. The molecule has 88 valence electrons. The lowest BCUT2D eigenvalue weighted by Gasteiger charge is -2.40. The van der Waals surface area contributed by atoms with Crippen LogP contribution in [0.15, 0.2) is 6.07 Å². The van der Waals surface area contributed by atoms with E-state index >= 15 is 0 Å². The fourth-order valence-electron chi connectivity index (χ4n) is 2.52. The van der Waals surface area contributed by atoms with Crippen molar-refractivity contribution in [3.8, 4) is 0 Å². The maximum Gasteiger partial charge on any atom is 0.134 e. The Balaban J connectivity index is 2.33. The molecule has 1 aliphatic heterocycles. The van der Waals surface area contributed by atoms with Crippen LogP contribution in [-0.4, -0.2) is 22.1 Å². The molecule has 0 saturated carbocycles. The summed E-state index contributed by atoms with van der Waals surface area (Å²) in [5.74, 6) is 1.71. The number of nitrogens with zero attached hydrogens (tertiary/aromatic N) is 3. The van der Waals surface area contributed by atoms with Gasteiger partial charge in [0.05, 0.1) is 0 Å². The standard InChI is InChI=1S/C12H18ClN3/c1-8-5-4-6-9(2)16(8)12-7-11(13)14-10(3)15-12/h7-9H,4-6H2,1-3H3/t8-,9-/m0/s1. The minimum atomic E-state index is 0.535. The summed E-state index contributed by atoms with van der Waals surface area (Å²) in [7, 11) is 0. The first kappa shape index (κ1) is 11.6. The molecule has 0 amide bonds. The molecule has 1 aromatic heterocycles. The van der Waals surface area contributed by atoms with E-state index in [0.29, 0.717) is 17.2 Å². The summed E-state index contributed by atoms with van der Waals surface area (Å²) in [5.41, 5.74) is 0. The Kier molecular flexibility index (Phi) is 3.33. The monoisotopic (exact) mass is 239 g/mol. The lowest BCUT2D eigenvalue weighted by atomic mass is 9.97. The Morgan fingerprint density at radius 1 is 1.25 bits per heavy atom. The molecule has 2 atom stereocenters. The largest absolute Gasteiger partial charge is 0.351 e. The van der Waals surface area contributed by atoms with Gasteiger partial charge in [0.2, 0.25) is 0 Å². The molecule has 0 aliphatic carbocycles. The number of rotatable bonds is 1. The summed E-state index contributed by atoms with van der Waals surface area (Å²) in [4.78, 5) is 11.0. The van der Waals surface area contributed by atoms with E-state index in [1.807, 2.05) is 13.0 Å². The van der Waals surface area contributed by atoms with Crippen molar-refractivity contribution in [3.63, 3.8) is 0 Å². The highest BCUT2D eigenvalue weighted by atomic mass is 35.5. The van der Waals surface area contributed by atoms with Crippen molar-refractivity contribution in [2.75, 3.05) is 4.90 Å². The number of hydrogen-bond donors (Lipinski definition) is 0. The van der Waals surface area contributed by atoms with Crippen LogP contribution in [0.5, 0.6) is 0 Å². The molecule has 0 radical (unpaired) electrons. The molecule has 2 heterocycles. The highest BCUT2D eigenvalue weighted by Crippen LogP contribution is 2.28. The molecule has 0 unspecified atom stereocenters. The predicted octanol–water partition coefficient (Wildman–Crippen LogP) is 3.21. The van der Waals surface area contributed by atoms with Crippen LogP contribution in [0.3, 0.4) is 0 Å². The fourth-order valence-corrected chi connectivity index (χ4v) is 2.74. The Morgan fingerprint density at radius 2 is 1.88 bits per heavy atom. The summed E-state index contributed by atoms with van der Waals surface area (Å²) in [6.45, 7) is 6.39. The molecule has 2 rings (SSSR count). The van der Waals surface area contributed by atoms with Gasteiger partial charge in [0, 0.05) is 18.2 Å². The van der Waals surface area contributed by atoms with Gasteiger partial charge in [-0.25, -0.2) is 9.97 Å². The first-order valence-electron chi connectivity index (χ1n) is 5.87. The van der Waals surface area contributed by atoms with Gasteiger partial charge in [0.25, 0.3) is 0 Å². The Bertz CT molecular complexity index is 350. The van der Waals surface area contributed by atoms with Crippen LogP contribution in [0.25, 0.3) is 0 Å². The van der Waals surface area contributed by atoms with Gasteiger partial charge in [-0.1, -0.05) is 11.6 Å². The zero-order valence-corrected chi connectivity index (χ0v) is 10.8. The van der Waals surface area contributed by atoms with Crippen LogP contribution in [0, 0.1) is 6.92 Å². The van der Waals surface area contributed by atoms with Crippen LogP contribution in [0.1, 0.15) is 38.9 Å². The van der Waals surface area contributed by atoms with E-state index in [-0.39, 0.29) is 0 Å². The molecule has 1 saturated heterocycles. The predicted molar refractivity (Wildman–Crippen MR) is 67.0 cm³/mol. The van der Waals surface area contributed by atoms with E-state index in [1.165, 1.54) is 19.3 Å². The lowest BCUT2D eigenvalue weighted by molar-refractivity contribution is 0.411. The zero-order valence-electron chi connectivity index (χ0n) is 10.1. The van der Waals surface area contributed by atoms with Crippen LogP contribution >= 0.6 is 11.6 Å². The minimum Gasteiger partial charge on any atom is -0.351 e. The van der Waals surface area contributed by atoms with Crippen LogP contribution in [0.4, 0.5) is 5.82 Å². The normalized spacial score (nSPS) is 25.9. The van der Waals surface area contributed by atoms with Gasteiger partial charge >= 0.3 is 0 Å². The molecule has 4 heteroatoms. The quantitative estimate of drug-likeness (QED) is 0.705. The summed E-state index contributed by atoms with van der Waals surface area (Å²) < 4.78 is 0. The topological polar surface area (TPSA) is 29.0 Å². The molecule has 1 fully saturated rings. The Hall–Kier alpha value is -0.830. The van der Waals surface area contributed by atoms with Crippen molar-refractivity contribution in [3.05, 3.63) is 17.0 Å². The first-order valence-corrected chi connectivity index (χ1v) is 6.25. The highest BCUT2D eigenvalue weighted by Gasteiger charge is 2.26. The summed E-state index contributed by atoms with van der Waals surface area (Å²) in [6.07, 6.45) is 3.76. The third-order valence-electron chi connectivity index (χ3n) is 3.25. The number of aryl methyl sites for hydroxylation is 1. The average Bonchev–Trinajstić information content (AvgIpc) is 2.15. The number of piperidine rings is 1. The number of anilines is 1. The molecule has 16 heavy (non-hydrogen) atoms. The molecular formula is C12H18ClN3. The second kappa shape index (κ2) is 4.58. The van der Waals surface area contributed by atoms with Crippen molar-refractivity contribution in [2.45, 2.75) is 52.1 Å². The van der Waals surface area contributed by atoms with E-state index in [9.17, 15) is 0 Å². The van der Waals surface area contributed by atoms with Crippen molar-refractivity contribution in [2.24, 2.45) is 0 Å².